The Morgan fingerprint density at radius 3 is 1.33 bits per heavy atom. The summed E-state index contributed by atoms with van der Waals surface area (Å²) in [5.74, 6) is 2.78. The molecule has 1 radical (unpaired) electrons. The molecule has 2 fully saturated rings. The zero-order valence-corrected chi connectivity index (χ0v) is 52.7. The summed E-state index contributed by atoms with van der Waals surface area (Å²) >= 11 is 0. The van der Waals surface area contributed by atoms with E-state index in [2.05, 4.69) is 179 Å². The molecule has 2 aliphatic rings. The summed E-state index contributed by atoms with van der Waals surface area (Å²) in [6, 6.07) is 43.2. The Labute approximate surface area is 513 Å². The summed E-state index contributed by atoms with van der Waals surface area (Å²) < 4.78 is 4.19. The van der Waals surface area contributed by atoms with Crippen LogP contribution >= 0.6 is 0 Å². The van der Waals surface area contributed by atoms with Crippen LogP contribution < -0.4 is 32.5 Å². The van der Waals surface area contributed by atoms with E-state index >= 15 is 0 Å². The molecule has 4 aromatic heterocycles. The number of hydrogen-bond donors (Lipinski definition) is 7. The van der Waals surface area contributed by atoms with Crippen LogP contribution in [0.15, 0.2) is 134 Å². The number of anilines is 4. The largest absolute Gasteiger partial charge is 0.675 e. The van der Waals surface area contributed by atoms with Crippen molar-refractivity contribution < 1.29 is 54.1 Å². The van der Waals surface area contributed by atoms with Gasteiger partial charge in [-0.15, -0.1) is 6.04 Å². The molecule has 0 spiro atoms. The van der Waals surface area contributed by atoms with Crippen LogP contribution in [-0.2, 0) is 13.1 Å². The van der Waals surface area contributed by atoms with Gasteiger partial charge in [0.1, 0.15) is 0 Å². The van der Waals surface area contributed by atoms with Gasteiger partial charge in [0.05, 0.1) is 12.7 Å². The van der Waals surface area contributed by atoms with Gasteiger partial charge in [-0.25, -0.2) is 9.97 Å². The second-order valence-corrected chi connectivity index (χ2v) is 22.2. The number of aryl methyl sites for hydroxylation is 3. The summed E-state index contributed by atoms with van der Waals surface area (Å²) in [6.45, 7) is 16.0. The predicted molar refractivity (Wildman–Crippen MR) is 328 cm³/mol. The average Bonchev–Trinajstić information content (AvgIpc) is 4.13. The minimum atomic E-state index is -1.35. The van der Waals surface area contributed by atoms with Crippen LogP contribution in [0.2, 0.25) is 0 Å². The van der Waals surface area contributed by atoms with E-state index in [0.717, 1.165) is 90.9 Å². The maximum Gasteiger partial charge on any atom is 0.488 e. The quantitative estimate of drug-likeness (QED) is 0.0475. The van der Waals surface area contributed by atoms with E-state index in [4.69, 9.17) is 41.5 Å². The van der Waals surface area contributed by atoms with E-state index in [1.165, 1.54) is 44.5 Å². The summed E-state index contributed by atoms with van der Waals surface area (Å²) in [7, 11) is -1.35. The van der Waals surface area contributed by atoms with Gasteiger partial charge in [0, 0.05) is 87.4 Å². The van der Waals surface area contributed by atoms with Crippen LogP contribution in [0.5, 0.6) is 0 Å². The normalized spacial score (nSPS) is 16.9. The van der Waals surface area contributed by atoms with Crippen molar-refractivity contribution in [2.75, 3.05) is 21.3 Å². The smallest absolute Gasteiger partial charge is 0.488 e. The molecular formula is C63H78AcBN14O2-. The van der Waals surface area contributed by atoms with Gasteiger partial charge in [-0.3, -0.25) is 0 Å². The monoisotopic (exact) mass is 1300 g/mol. The van der Waals surface area contributed by atoms with Crippen LogP contribution in [0.4, 0.5) is 23.5 Å². The number of aromatic nitrogens is 8. The van der Waals surface area contributed by atoms with Crippen LogP contribution in [0, 0.1) is 64.8 Å². The molecule has 0 atom stereocenters. The third-order valence-electron chi connectivity index (χ3n) is 15.0. The molecule has 9 N–H and O–H groups in total. The molecule has 0 bridgehead atoms. The summed E-state index contributed by atoms with van der Waals surface area (Å²) in [6.07, 6.45) is 11.7. The number of benzene rings is 5. The van der Waals surface area contributed by atoms with E-state index in [-0.39, 0.29) is 62.2 Å². The van der Waals surface area contributed by atoms with Gasteiger partial charge >= 0.3 is 7.12 Å². The summed E-state index contributed by atoms with van der Waals surface area (Å²) in [5, 5.41) is 31.5. The molecule has 0 aliphatic heterocycles. The van der Waals surface area contributed by atoms with Crippen molar-refractivity contribution in [2.24, 2.45) is 5.73 Å². The first kappa shape index (κ1) is 60.8. The van der Waals surface area contributed by atoms with E-state index in [1.807, 2.05) is 25.6 Å². The van der Waals surface area contributed by atoms with Gasteiger partial charge in [-0.1, -0.05) is 151 Å². The van der Waals surface area contributed by atoms with Gasteiger partial charge < -0.3 is 51.9 Å². The zero-order valence-electron chi connectivity index (χ0n) is 47.9. The molecule has 2 aliphatic carbocycles. The van der Waals surface area contributed by atoms with Crippen molar-refractivity contribution >= 4 is 58.4 Å². The molecule has 2 saturated carbocycles. The van der Waals surface area contributed by atoms with Crippen LogP contribution in [0.25, 0.3) is 50.3 Å². The molecule has 9 aromatic rings. The average molecular weight is 1300 g/mol. The fourth-order valence-corrected chi connectivity index (χ4v) is 10.3. The van der Waals surface area contributed by atoms with Crippen LogP contribution in [0.3, 0.4) is 0 Å². The number of rotatable bonds is 15. The Morgan fingerprint density at radius 1 is 0.543 bits per heavy atom. The minimum absolute atomic E-state index is 0. The third kappa shape index (κ3) is 16.5. The van der Waals surface area contributed by atoms with Crippen LogP contribution in [-0.4, -0.2) is 80.4 Å². The molecule has 16 nitrogen and oxygen atoms in total. The fraction of sp³-hybridized carbons (Fsp3) is 0.365. The van der Waals surface area contributed by atoms with Crippen molar-refractivity contribution in [3.63, 3.8) is 0 Å². The van der Waals surface area contributed by atoms with E-state index in [1.54, 1.807) is 18.2 Å². The maximum absolute atomic E-state index is 8.70. The van der Waals surface area contributed by atoms with Gasteiger partial charge in [0.2, 0.25) is 11.9 Å². The fourth-order valence-electron chi connectivity index (χ4n) is 10.3. The summed E-state index contributed by atoms with van der Waals surface area (Å²) in [5.41, 5.74) is 28.7. The molecule has 18 heteroatoms. The second kappa shape index (κ2) is 28.6. The Kier molecular flexibility index (Phi) is 21.5. The topological polar surface area (TPSA) is 226 Å². The van der Waals surface area contributed by atoms with Gasteiger partial charge in [-0.2, -0.15) is 19.9 Å². The number of imidazole rings is 2. The van der Waals surface area contributed by atoms with Gasteiger partial charge in [0.25, 0.3) is 0 Å². The van der Waals surface area contributed by atoms with Crippen molar-refractivity contribution in [3.05, 3.63) is 168 Å². The molecular weight excluding hydrogens is 1220 g/mol. The van der Waals surface area contributed by atoms with Gasteiger partial charge in [0.15, 0.2) is 34.0 Å². The van der Waals surface area contributed by atoms with E-state index in [0.29, 0.717) is 48.6 Å². The SMILES string of the molecule is Cc1cccc(-c2ccc(CNc3nc(NC4CCC(N)CC4)nc4c3ncn4C(C)C)cc2)c1.Cc1cccc(-c2ccc(CNc3nc(NC4CCC([NH-])CC4)nc4c3ncn4C(C)C)cc2)c1.Cc1cccc(B(O)O)c1.[Ac]. The number of hydrogen-bond acceptors (Lipinski definition) is 13. The van der Waals surface area contributed by atoms with Gasteiger partial charge in [-0.05, 0) is 126 Å². The maximum atomic E-state index is 8.70. The Hall–Kier alpha value is -6.25. The van der Waals surface area contributed by atoms with E-state index < -0.39 is 7.12 Å². The van der Waals surface area contributed by atoms with E-state index in [9.17, 15) is 0 Å². The Bertz CT molecular complexity index is 3240. The second-order valence-electron chi connectivity index (χ2n) is 22.2. The molecule has 4 heterocycles. The first-order valence-electron chi connectivity index (χ1n) is 28.3. The predicted octanol–water partition coefficient (Wildman–Crippen LogP) is 12.1. The standard InChI is InChI=1S/C28H35N7.C28H34N7.C7H9BO2.Ac/c2*1-18(2)35-17-31-25-26(33-28(34-27(25)35)32-24-13-11-23(29)12-14-24)30-16-20-7-9-21(10-8-20)22-6-4-5-19(3)15-22;1-6-3-2-4-7(5-6)8(9)10;/h4-10,15,17-18,23-24H,11-14,16,29H2,1-3H3,(H2,30,32,33,34);4-10,15,17-18,23-24,29H,11-14,16H2,1-3H3,(H2,30,32,33,34);2-5,9-10H,1H3;/q;-1;;. The van der Waals surface area contributed by atoms with Crippen molar-refractivity contribution in [1.82, 2.24) is 39.0 Å². The van der Waals surface area contributed by atoms with Crippen molar-refractivity contribution in [1.29, 1.82) is 0 Å². The molecule has 81 heavy (non-hydrogen) atoms. The van der Waals surface area contributed by atoms with Crippen molar-refractivity contribution in [2.45, 2.75) is 149 Å². The number of nitrogens with two attached hydrogens (primary N) is 1. The Morgan fingerprint density at radius 2 is 0.951 bits per heavy atom. The molecule has 0 amide bonds. The Balaban J connectivity index is 0.000000180. The number of nitrogens with one attached hydrogen (secondary N) is 5. The number of nitrogens with zero attached hydrogens (tertiary/aromatic N) is 8. The molecule has 0 saturated heterocycles. The third-order valence-corrected chi connectivity index (χ3v) is 15.0. The molecule has 0 unspecified atom stereocenters. The molecule has 419 valence electrons. The number of fused-ring (bicyclic) bond motifs is 2. The zero-order chi connectivity index (χ0) is 56.3. The van der Waals surface area contributed by atoms with Crippen molar-refractivity contribution in [3.8, 4) is 22.3 Å². The minimum Gasteiger partial charge on any atom is -0.675 e. The van der Waals surface area contributed by atoms with Crippen LogP contribution in [0.1, 0.15) is 119 Å². The first-order valence-corrected chi connectivity index (χ1v) is 28.3. The molecule has 11 rings (SSSR count). The molecule has 5 aromatic carbocycles. The summed E-state index contributed by atoms with van der Waals surface area (Å²) in [4.78, 5) is 28.6. The first-order chi connectivity index (χ1) is 38.6.